The highest BCUT2D eigenvalue weighted by Crippen LogP contribution is 2.31. The summed E-state index contributed by atoms with van der Waals surface area (Å²) in [6.07, 6.45) is 1.44. The molecule has 4 aromatic rings. The van der Waals surface area contributed by atoms with E-state index in [1.807, 2.05) is 49.6 Å². The fraction of sp³-hybridized carbons (Fsp3) is 0.0870. The molecule has 0 radical (unpaired) electrons. The molecule has 0 bridgehead atoms. The molecule has 0 atom stereocenters. The summed E-state index contributed by atoms with van der Waals surface area (Å²) in [6, 6.07) is 17.8. The molecule has 0 saturated carbocycles. The van der Waals surface area contributed by atoms with E-state index in [1.165, 1.54) is 17.6 Å². The SMILES string of the molecule is Cc1csc(N(C(=O)c2ccc(C)c(NC(=O)c3ccco3)c2)c2ccccc2)n1. The molecule has 0 spiro atoms. The maximum absolute atomic E-state index is 13.5. The van der Waals surface area contributed by atoms with Crippen molar-refractivity contribution in [2.45, 2.75) is 13.8 Å². The molecule has 1 N–H and O–H groups in total. The van der Waals surface area contributed by atoms with Crippen molar-refractivity contribution in [2.75, 3.05) is 10.2 Å². The van der Waals surface area contributed by atoms with Crippen LogP contribution in [-0.2, 0) is 0 Å². The molecule has 0 aliphatic carbocycles. The summed E-state index contributed by atoms with van der Waals surface area (Å²) in [4.78, 5) is 32.0. The molecular weight excluding hydrogens is 398 g/mol. The second kappa shape index (κ2) is 8.34. The van der Waals surface area contributed by atoms with Crippen LogP contribution < -0.4 is 10.2 Å². The fourth-order valence-corrected chi connectivity index (χ4v) is 3.77. The Kier molecular flexibility index (Phi) is 5.45. The van der Waals surface area contributed by atoms with Crippen molar-refractivity contribution in [1.29, 1.82) is 0 Å². The highest BCUT2D eigenvalue weighted by molar-refractivity contribution is 7.14. The summed E-state index contributed by atoms with van der Waals surface area (Å²) in [5.41, 5.74) is 3.39. The Hall–Kier alpha value is -3.71. The Balaban J connectivity index is 1.69. The fourth-order valence-electron chi connectivity index (χ4n) is 2.95. The van der Waals surface area contributed by atoms with Gasteiger partial charge in [0.05, 0.1) is 17.6 Å². The van der Waals surface area contributed by atoms with Crippen LogP contribution in [0.1, 0.15) is 32.2 Å². The van der Waals surface area contributed by atoms with Gasteiger partial charge in [-0.15, -0.1) is 11.3 Å². The number of hydrogen-bond acceptors (Lipinski definition) is 5. The van der Waals surface area contributed by atoms with E-state index in [2.05, 4.69) is 10.3 Å². The largest absolute Gasteiger partial charge is 0.459 e. The molecular formula is C23H19N3O3S. The molecule has 2 amide bonds. The molecule has 0 aliphatic heterocycles. The molecule has 0 aliphatic rings. The second-order valence-electron chi connectivity index (χ2n) is 6.71. The van der Waals surface area contributed by atoms with E-state index in [9.17, 15) is 9.59 Å². The van der Waals surface area contributed by atoms with Gasteiger partial charge in [0.2, 0.25) is 0 Å². The number of benzene rings is 2. The third-order valence-corrected chi connectivity index (χ3v) is 5.44. The molecule has 30 heavy (non-hydrogen) atoms. The Morgan fingerprint density at radius 1 is 1.03 bits per heavy atom. The Morgan fingerprint density at radius 2 is 1.83 bits per heavy atom. The van der Waals surface area contributed by atoms with Crippen molar-refractivity contribution < 1.29 is 14.0 Å². The van der Waals surface area contributed by atoms with Gasteiger partial charge in [-0.3, -0.25) is 14.5 Å². The normalized spacial score (nSPS) is 10.6. The van der Waals surface area contributed by atoms with Crippen LogP contribution in [0.5, 0.6) is 0 Å². The number of thiazole rings is 1. The smallest absolute Gasteiger partial charge is 0.291 e. The van der Waals surface area contributed by atoms with Crippen molar-refractivity contribution in [3.05, 3.63) is 94.9 Å². The zero-order valence-corrected chi connectivity index (χ0v) is 17.3. The minimum absolute atomic E-state index is 0.204. The van der Waals surface area contributed by atoms with Crippen molar-refractivity contribution in [3.63, 3.8) is 0 Å². The Bertz CT molecular complexity index is 1180. The van der Waals surface area contributed by atoms with Crippen molar-refractivity contribution >= 4 is 39.7 Å². The molecule has 0 fully saturated rings. The maximum atomic E-state index is 13.5. The first-order chi connectivity index (χ1) is 14.5. The first-order valence-electron chi connectivity index (χ1n) is 9.30. The summed E-state index contributed by atoms with van der Waals surface area (Å²) >= 11 is 1.40. The summed E-state index contributed by atoms with van der Waals surface area (Å²) < 4.78 is 5.15. The number of rotatable bonds is 5. The Morgan fingerprint density at radius 3 is 2.50 bits per heavy atom. The van der Waals surface area contributed by atoms with Gasteiger partial charge in [-0.1, -0.05) is 24.3 Å². The van der Waals surface area contributed by atoms with Gasteiger partial charge in [-0.2, -0.15) is 0 Å². The quantitative estimate of drug-likeness (QED) is 0.460. The number of carbonyl (C=O) groups excluding carboxylic acids is 2. The third-order valence-electron chi connectivity index (χ3n) is 4.49. The molecule has 0 saturated heterocycles. The predicted molar refractivity (Wildman–Crippen MR) is 118 cm³/mol. The van der Waals surface area contributed by atoms with E-state index >= 15 is 0 Å². The molecule has 4 rings (SSSR count). The summed E-state index contributed by atoms with van der Waals surface area (Å²) in [5.74, 6) is -0.400. The van der Waals surface area contributed by atoms with Crippen LogP contribution in [0, 0.1) is 13.8 Å². The van der Waals surface area contributed by atoms with Gasteiger partial charge in [0, 0.05) is 16.6 Å². The minimum Gasteiger partial charge on any atom is -0.459 e. The lowest BCUT2D eigenvalue weighted by molar-refractivity contribution is 0.0988. The standard InChI is InChI=1S/C23H19N3O3S/c1-15-10-11-17(13-19(15)25-21(27)20-9-6-12-29-20)22(28)26(18-7-4-3-5-8-18)23-24-16(2)14-30-23/h3-14H,1-2H3,(H,25,27). The van der Waals surface area contributed by atoms with E-state index in [-0.39, 0.29) is 17.6 Å². The highest BCUT2D eigenvalue weighted by Gasteiger charge is 2.23. The molecule has 150 valence electrons. The van der Waals surface area contributed by atoms with Crippen LogP contribution >= 0.6 is 11.3 Å². The first kappa shape index (κ1) is 19.6. The zero-order valence-electron chi connectivity index (χ0n) is 16.5. The van der Waals surface area contributed by atoms with E-state index < -0.39 is 0 Å². The first-order valence-corrected chi connectivity index (χ1v) is 10.2. The number of furan rings is 1. The van der Waals surface area contributed by atoms with Gasteiger partial charge in [0.15, 0.2) is 10.9 Å². The van der Waals surface area contributed by atoms with Gasteiger partial charge < -0.3 is 9.73 Å². The van der Waals surface area contributed by atoms with Crippen LogP contribution in [0.25, 0.3) is 0 Å². The van der Waals surface area contributed by atoms with Crippen molar-refractivity contribution in [1.82, 2.24) is 4.98 Å². The number of carbonyl (C=O) groups is 2. The van der Waals surface area contributed by atoms with E-state index in [0.717, 1.165) is 16.9 Å². The lowest BCUT2D eigenvalue weighted by atomic mass is 10.1. The molecule has 2 aromatic carbocycles. The second-order valence-corrected chi connectivity index (χ2v) is 7.55. The lowest BCUT2D eigenvalue weighted by Gasteiger charge is -2.21. The predicted octanol–water partition coefficient (Wildman–Crippen LogP) is 5.58. The lowest BCUT2D eigenvalue weighted by Crippen LogP contribution is -2.26. The van der Waals surface area contributed by atoms with Crippen LogP contribution in [0.2, 0.25) is 0 Å². The number of nitrogens with one attached hydrogen (secondary N) is 1. The number of aryl methyl sites for hydroxylation is 2. The molecule has 2 aromatic heterocycles. The van der Waals surface area contributed by atoms with Gasteiger partial charge in [0.25, 0.3) is 11.8 Å². The summed E-state index contributed by atoms with van der Waals surface area (Å²) in [5, 5.41) is 5.31. The minimum atomic E-state index is -0.372. The summed E-state index contributed by atoms with van der Waals surface area (Å²) in [6.45, 7) is 3.76. The number of aromatic nitrogens is 1. The van der Waals surface area contributed by atoms with Gasteiger partial charge in [0.1, 0.15) is 0 Å². The van der Waals surface area contributed by atoms with Crippen LogP contribution in [0.4, 0.5) is 16.5 Å². The van der Waals surface area contributed by atoms with Crippen LogP contribution in [0.15, 0.2) is 76.7 Å². The van der Waals surface area contributed by atoms with Crippen molar-refractivity contribution in [2.24, 2.45) is 0 Å². The van der Waals surface area contributed by atoms with Gasteiger partial charge in [-0.05, 0) is 55.8 Å². The van der Waals surface area contributed by atoms with Gasteiger partial charge in [-0.25, -0.2) is 4.98 Å². The number of hydrogen-bond donors (Lipinski definition) is 1. The highest BCUT2D eigenvalue weighted by atomic mass is 32.1. The topological polar surface area (TPSA) is 75.4 Å². The number of nitrogens with zero attached hydrogens (tertiary/aromatic N) is 2. The monoisotopic (exact) mass is 417 g/mol. The zero-order chi connectivity index (χ0) is 21.1. The Labute approximate surface area is 177 Å². The van der Waals surface area contributed by atoms with E-state index in [4.69, 9.17) is 4.42 Å². The average Bonchev–Trinajstić information content (AvgIpc) is 3.43. The summed E-state index contributed by atoms with van der Waals surface area (Å²) in [7, 11) is 0. The number of para-hydroxylation sites is 1. The number of amides is 2. The molecule has 2 heterocycles. The van der Waals surface area contributed by atoms with E-state index in [0.29, 0.717) is 16.4 Å². The molecule has 6 nitrogen and oxygen atoms in total. The molecule has 0 unspecified atom stereocenters. The van der Waals surface area contributed by atoms with E-state index in [1.54, 1.807) is 35.2 Å². The van der Waals surface area contributed by atoms with Crippen LogP contribution in [0.3, 0.4) is 0 Å². The average molecular weight is 417 g/mol. The number of anilines is 3. The van der Waals surface area contributed by atoms with Crippen LogP contribution in [-0.4, -0.2) is 16.8 Å². The third kappa shape index (κ3) is 4.01. The van der Waals surface area contributed by atoms with Crippen molar-refractivity contribution in [3.8, 4) is 0 Å². The molecule has 7 heteroatoms. The van der Waals surface area contributed by atoms with Gasteiger partial charge >= 0.3 is 0 Å². The maximum Gasteiger partial charge on any atom is 0.291 e.